The lowest BCUT2D eigenvalue weighted by molar-refractivity contribution is 0.270. The maximum atomic E-state index is 11.9. The van der Waals surface area contributed by atoms with E-state index in [4.69, 9.17) is 0 Å². The Labute approximate surface area is 111 Å². The highest BCUT2D eigenvalue weighted by atomic mass is 32.2. The smallest absolute Gasteiger partial charge is 0.288 e. The fraction of sp³-hybridized carbons (Fsp3) is 0.133. The van der Waals surface area contributed by atoms with Crippen molar-refractivity contribution < 1.29 is 4.79 Å². The van der Waals surface area contributed by atoms with Gasteiger partial charge in [-0.2, -0.15) is 0 Å². The predicted octanol–water partition coefficient (Wildman–Crippen LogP) is 4.57. The van der Waals surface area contributed by atoms with E-state index in [9.17, 15) is 4.79 Å². The molecule has 0 saturated heterocycles. The molecule has 0 saturated carbocycles. The Hall–Kier alpha value is -1.74. The van der Waals surface area contributed by atoms with Gasteiger partial charge in [0.2, 0.25) is 0 Å². The van der Waals surface area contributed by atoms with Crippen molar-refractivity contribution >= 4 is 22.7 Å². The van der Waals surface area contributed by atoms with Gasteiger partial charge in [0.25, 0.3) is 5.24 Å². The molecule has 2 aromatic rings. The molecule has 0 aliphatic heterocycles. The quantitative estimate of drug-likeness (QED) is 0.816. The number of para-hydroxylation sites is 1. The number of thioether (sulfide) groups is 1. The molecule has 0 aliphatic rings. The Morgan fingerprint density at radius 2 is 1.72 bits per heavy atom. The van der Waals surface area contributed by atoms with Crippen LogP contribution in [0.5, 0.6) is 0 Å². The van der Waals surface area contributed by atoms with Crippen LogP contribution in [0.2, 0.25) is 0 Å². The number of benzene rings is 2. The van der Waals surface area contributed by atoms with Crippen LogP contribution in [-0.2, 0) is 6.42 Å². The van der Waals surface area contributed by atoms with E-state index in [-0.39, 0.29) is 5.24 Å². The van der Waals surface area contributed by atoms with Gasteiger partial charge < -0.3 is 5.32 Å². The molecule has 0 atom stereocenters. The van der Waals surface area contributed by atoms with Crippen LogP contribution in [-0.4, -0.2) is 5.24 Å². The number of amides is 1. The van der Waals surface area contributed by atoms with E-state index >= 15 is 0 Å². The molecule has 1 N–H and O–H groups in total. The van der Waals surface area contributed by atoms with Crippen molar-refractivity contribution in [3.8, 4) is 0 Å². The topological polar surface area (TPSA) is 29.1 Å². The van der Waals surface area contributed by atoms with Gasteiger partial charge in [-0.1, -0.05) is 43.3 Å². The zero-order valence-corrected chi connectivity index (χ0v) is 11.0. The number of nitrogens with one attached hydrogen (secondary N) is 1. The average Bonchev–Trinajstić information content (AvgIpc) is 2.40. The second-order valence-corrected chi connectivity index (χ2v) is 4.86. The Bertz CT molecular complexity index is 525. The third kappa shape index (κ3) is 3.37. The number of rotatable bonds is 3. The highest BCUT2D eigenvalue weighted by Crippen LogP contribution is 2.25. The van der Waals surface area contributed by atoms with Crippen molar-refractivity contribution in [2.45, 2.75) is 18.2 Å². The molecule has 0 bridgehead atoms. The van der Waals surface area contributed by atoms with Gasteiger partial charge >= 0.3 is 0 Å². The minimum absolute atomic E-state index is 0.0536. The van der Waals surface area contributed by atoms with Gasteiger partial charge in [-0.25, -0.2) is 0 Å². The molecule has 0 radical (unpaired) electrons. The number of hydrogen-bond donors (Lipinski definition) is 1. The molecule has 0 heterocycles. The largest absolute Gasteiger partial charge is 0.317 e. The molecule has 3 heteroatoms. The van der Waals surface area contributed by atoms with E-state index < -0.39 is 0 Å². The van der Waals surface area contributed by atoms with E-state index in [1.165, 1.54) is 17.3 Å². The first-order valence-corrected chi connectivity index (χ1v) is 6.73. The van der Waals surface area contributed by atoms with Crippen molar-refractivity contribution in [2.75, 3.05) is 5.32 Å². The van der Waals surface area contributed by atoms with Crippen LogP contribution < -0.4 is 5.32 Å². The van der Waals surface area contributed by atoms with Gasteiger partial charge in [0.1, 0.15) is 0 Å². The van der Waals surface area contributed by atoms with Crippen LogP contribution in [0.1, 0.15) is 12.5 Å². The van der Waals surface area contributed by atoms with Crippen LogP contribution in [0.3, 0.4) is 0 Å². The maximum Gasteiger partial charge on any atom is 0.288 e. The number of carbonyl (C=O) groups is 1. The first-order chi connectivity index (χ1) is 8.79. The fourth-order valence-corrected chi connectivity index (χ4v) is 2.52. The van der Waals surface area contributed by atoms with Gasteiger partial charge in [0, 0.05) is 10.6 Å². The molecule has 2 nitrogen and oxygen atoms in total. The lowest BCUT2D eigenvalue weighted by Gasteiger charge is -2.07. The third-order valence-electron chi connectivity index (χ3n) is 2.58. The molecule has 0 spiro atoms. The van der Waals surface area contributed by atoms with Crippen LogP contribution in [0.25, 0.3) is 0 Å². The molecule has 0 aromatic heterocycles. The summed E-state index contributed by atoms with van der Waals surface area (Å²) in [5.41, 5.74) is 2.02. The number of carbonyl (C=O) groups excluding carboxylic acids is 1. The maximum absolute atomic E-state index is 11.9. The summed E-state index contributed by atoms with van der Waals surface area (Å²) in [6.07, 6.45) is 0.932. The van der Waals surface area contributed by atoms with Crippen molar-refractivity contribution in [1.82, 2.24) is 0 Å². The highest BCUT2D eigenvalue weighted by molar-refractivity contribution is 8.14. The Morgan fingerprint density at radius 3 is 2.44 bits per heavy atom. The number of anilines is 1. The molecule has 0 aliphatic carbocycles. The second-order valence-electron chi connectivity index (χ2n) is 3.84. The molecular weight excluding hydrogens is 242 g/mol. The lowest BCUT2D eigenvalue weighted by Crippen LogP contribution is -2.04. The molecule has 2 rings (SSSR count). The predicted molar refractivity (Wildman–Crippen MR) is 77.1 cm³/mol. The van der Waals surface area contributed by atoms with Gasteiger partial charge in [-0.15, -0.1) is 0 Å². The minimum Gasteiger partial charge on any atom is -0.317 e. The highest BCUT2D eigenvalue weighted by Gasteiger charge is 2.07. The van der Waals surface area contributed by atoms with E-state index in [0.717, 1.165) is 17.0 Å². The van der Waals surface area contributed by atoms with Crippen LogP contribution in [0, 0.1) is 0 Å². The SMILES string of the molecule is CCc1ccccc1SC(=O)Nc1ccccc1. The van der Waals surface area contributed by atoms with E-state index in [1.807, 2.05) is 48.5 Å². The second kappa shape index (κ2) is 6.26. The van der Waals surface area contributed by atoms with Gasteiger partial charge in [-0.3, -0.25) is 4.79 Å². The van der Waals surface area contributed by atoms with Gasteiger partial charge in [0.05, 0.1) is 0 Å². The summed E-state index contributed by atoms with van der Waals surface area (Å²) in [4.78, 5) is 12.9. The van der Waals surface area contributed by atoms with E-state index in [0.29, 0.717) is 0 Å². The summed E-state index contributed by atoms with van der Waals surface area (Å²) < 4.78 is 0. The Morgan fingerprint density at radius 1 is 1.06 bits per heavy atom. The van der Waals surface area contributed by atoms with Crippen LogP contribution in [0.4, 0.5) is 10.5 Å². The molecule has 2 aromatic carbocycles. The van der Waals surface area contributed by atoms with Gasteiger partial charge in [0.15, 0.2) is 0 Å². The van der Waals surface area contributed by atoms with E-state index in [2.05, 4.69) is 18.3 Å². The average molecular weight is 257 g/mol. The fourth-order valence-electron chi connectivity index (χ4n) is 1.66. The summed E-state index contributed by atoms with van der Waals surface area (Å²) in [6.45, 7) is 2.09. The molecule has 18 heavy (non-hydrogen) atoms. The molecule has 92 valence electrons. The van der Waals surface area contributed by atoms with Crippen LogP contribution >= 0.6 is 11.8 Å². The summed E-state index contributed by atoms with van der Waals surface area (Å²) in [6, 6.07) is 17.5. The lowest BCUT2D eigenvalue weighted by atomic mass is 10.2. The summed E-state index contributed by atoms with van der Waals surface area (Å²) in [7, 11) is 0. The summed E-state index contributed by atoms with van der Waals surface area (Å²) in [5, 5.41) is 2.81. The molecule has 1 amide bonds. The minimum atomic E-state index is -0.0536. The standard InChI is InChI=1S/C15H15NOS/c1-2-12-8-6-7-11-14(12)18-15(17)16-13-9-4-3-5-10-13/h3-11H,2H2,1H3,(H,16,17). The number of hydrogen-bond acceptors (Lipinski definition) is 2. The monoisotopic (exact) mass is 257 g/mol. The first-order valence-electron chi connectivity index (χ1n) is 5.91. The van der Waals surface area contributed by atoms with E-state index in [1.54, 1.807) is 0 Å². The summed E-state index contributed by atoms with van der Waals surface area (Å²) >= 11 is 1.24. The van der Waals surface area contributed by atoms with Gasteiger partial charge in [-0.05, 0) is 41.9 Å². The third-order valence-corrected chi connectivity index (χ3v) is 3.48. The number of aryl methyl sites for hydroxylation is 1. The zero-order valence-electron chi connectivity index (χ0n) is 10.2. The molecule has 0 unspecified atom stereocenters. The normalized spacial score (nSPS) is 10.1. The zero-order chi connectivity index (χ0) is 12.8. The Balaban J connectivity index is 2.03. The van der Waals surface area contributed by atoms with Crippen molar-refractivity contribution in [3.05, 3.63) is 60.2 Å². The Kier molecular flexibility index (Phi) is 4.42. The molecule has 0 fully saturated rings. The van der Waals surface area contributed by atoms with Crippen molar-refractivity contribution in [1.29, 1.82) is 0 Å². The first kappa shape index (κ1) is 12.7. The van der Waals surface area contributed by atoms with Crippen LogP contribution in [0.15, 0.2) is 59.5 Å². The summed E-state index contributed by atoms with van der Waals surface area (Å²) in [5.74, 6) is 0. The van der Waals surface area contributed by atoms with Crippen molar-refractivity contribution in [2.24, 2.45) is 0 Å². The molecular formula is C15H15NOS. The van der Waals surface area contributed by atoms with Crippen molar-refractivity contribution in [3.63, 3.8) is 0 Å².